The summed E-state index contributed by atoms with van der Waals surface area (Å²) in [5.74, 6) is 0. The van der Waals surface area contributed by atoms with Crippen molar-refractivity contribution in [3.8, 4) is 0 Å². The Morgan fingerprint density at radius 3 is 2.41 bits per heavy atom. The van der Waals surface area contributed by atoms with Crippen molar-refractivity contribution in [2.24, 2.45) is 0 Å². The Labute approximate surface area is 111 Å². The van der Waals surface area contributed by atoms with Gasteiger partial charge in [-0.1, -0.05) is 18.9 Å². The van der Waals surface area contributed by atoms with Crippen molar-refractivity contribution in [1.29, 1.82) is 0 Å². The van der Waals surface area contributed by atoms with E-state index in [9.17, 15) is 0 Å². The summed E-state index contributed by atoms with van der Waals surface area (Å²) < 4.78 is 2.41. The lowest BCUT2D eigenvalue weighted by Gasteiger charge is -2.24. The van der Waals surface area contributed by atoms with Gasteiger partial charge >= 0.3 is 0 Å². The zero-order valence-electron chi connectivity index (χ0n) is 11.8. The van der Waals surface area contributed by atoms with Gasteiger partial charge in [0, 0.05) is 32.2 Å². The summed E-state index contributed by atoms with van der Waals surface area (Å²) in [5, 5.41) is 12.2. The van der Waals surface area contributed by atoms with E-state index >= 15 is 0 Å². The summed E-state index contributed by atoms with van der Waals surface area (Å²) in [6, 6.07) is 0.524. The number of hydrogen-bond donors (Lipinski definition) is 2. The van der Waals surface area contributed by atoms with E-state index < -0.39 is 0 Å². The predicted octanol–water partition coefficient (Wildman–Crippen LogP) is 0.879. The molecule has 0 heterocycles. The van der Waals surface area contributed by atoms with Crippen molar-refractivity contribution in [3.63, 3.8) is 0 Å². The number of aliphatic hydroxyl groups is 1. The average Bonchev–Trinajstić information content (AvgIpc) is 2.32. The largest absolute Gasteiger partial charge is 0.395 e. The Kier molecular flexibility index (Phi) is 11.4. The lowest BCUT2D eigenvalue weighted by atomic mass is 10.1. The van der Waals surface area contributed by atoms with Crippen LogP contribution in [0.4, 0.5) is 0 Å². The van der Waals surface area contributed by atoms with Crippen LogP contribution >= 0.6 is 11.9 Å². The molecule has 0 aliphatic carbocycles. The maximum atomic E-state index is 8.80. The van der Waals surface area contributed by atoms with Crippen molar-refractivity contribution in [2.75, 3.05) is 53.1 Å². The molecular weight excluding hydrogens is 234 g/mol. The zero-order chi connectivity index (χ0) is 13.1. The van der Waals surface area contributed by atoms with Gasteiger partial charge in [-0.2, -0.15) is 0 Å². The lowest BCUT2D eigenvalue weighted by molar-refractivity contribution is 0.276. The molecule has 0 rings (SSSR count). The fourth-order valence-corrected chi connectivity index (χ4v) is 2.18. The fourth-order valence-electron chi connectivity index (χ4n) is 1.62. The lowest BCUT2D eigenvalue weighted by Crippen LogP contribution is -2.35. The van der Waals surface area contributed by atoms with E-state index in [1.165, 1.54) is 0 Å². The van der Waals surface area contributed by atoms with Crippen molar-refractivity contribution in [3.05, 3.63) is 0 Å². The van der Waals surface area contributed by atoms with E-state index in [1.54, 1.807) is 0 Å². The Morgan fingerprint density at radius 1 is 1.24 bits per heavy atom. The molecular formula is C12H29N3OS. The van der Waals surface area contributed by atoms with E-state index in [0.29, 0.717) is 12.6 Å². The third-order valence-corrected chi connectivity index (χ3v) is 3.70. The molecule has 0 bridgehead atoms. The van der Waals surface area contributed by atoms with Gasteiger partial charge in [-0.05, 0) is 33.2 Å². The Balaban J connectivity index is 3.77. The summed E-state index contributed by atoms with van der Waals surface area (Å²) in [6.07, 6.45) is 4.40. The van der Waals surface area contributed by atoms with E-state index in [4.69, 9.17) is 5.11 Å². The van der Waals surface area contributed by atoms with Crippen molar-refractivity contribution >= 4 is 11.9 Å². The Bertz CT molecular complexity index is 170. The molecule has 0 aromatic carbocycles. The first-order chi connectivity index (χ1) is 8.13. The fraction of sp³-hybridized carbons (Fsp3) is 1.00. The highest BCUT2D eigenvalue weighted by atomic mass is 32.2. The van der Waals surface area contributed by atoms with Crippen LogP contribution < -0.4 is 5.32 Å². The quantitative estimate of drug-likeness (QED) is 0.542. The minimum atomic E-state index is 0.226. The van der Waals surface area contributed by atoms with Gasteiger partial charge in [0.25, 0.3) is 0 Å². The number of likely N-dealkylation sites (N-methyl/N-ethyl adjacent to an activating group) is 1. The third kappa shape index (κ3) is 9.85. The first-order valence-electron chi connectivity index (χ1n) is 6.42. The van der Waals surface area contributed by atoms with Crippen LogP contribution in [-0.4, -0.2) is 73.5 Å². The molecule has 17 heavy (non-hydrogen) atoms. The van der Waals surface area contributed by atoms with Gasteiger partial charge in [0.2, 0.25) is 0 Å². The van der Waals surface area contributed by atoms with Crippen LogP contribution in [0.15, 0.2) is 0 Å². The summed E-state index contributed by atoms with van der Waals surface area (Å²) in [7, 11) is 4.21. The van der Waals surface area contributed by atoms with Gasteiger partial charge in [0.1, 0.15) is 0 Å². The van der Waals surface area contributed by atoms with Crippen LogP contribution in [0.3, 0.4) is 0 Å². The Morgan fingerprint density at radius 2 is 1.94 bits per heavy atom. The van der Waals surface area contributed by atoms with Gasteiger partial charge in [0.05, 0.1) is 6.61 Å². The molecule has 4 nitrogen and oxygen atoms in total. The third-order valence-electron chi connectivity index (χ3n) is 2.82. The molecule has 0 saturated carbocycles. The molecule has 0 aliphatic rings. The van der Waals surface area contributed by atoms with Crippen molar-refractivity contribution in [2.45, 2.75) is 25.8 Å². The number of aliphatic hydroxyl groups excluding tert-OH is 1. The normalized spacial score (nSPS) is 13.6. The van der Waals surface area contributed by atoms with Gasteiger partial charge < -0.3 is 15.3 Å². The minimum Gasteiger partial charge on any atom is -0.395 e. The average molecular weight is 263 g/mol. The first-order valence-corrected chi connectivity index (χ1v) is 7.60. The van der Waals surface area contributed by atoms with Crippen LogP contribution in [0.2, 0.25) is 0 Å². The summed E-state index contributed by atoms with van der Waals surface area (Å²) in [5.41, 5.74) is 0. The van der Waals surface area contributed by atoms with Gasteiger partial charge in [-0.15, -0.1) is 0 Å². The number of rotatable bonds is 11. The number of nitrogens with one attached hydrogen (secondary N) is 1. The smallest absolute Gasteiger partial charge is 0.0556 e. The first kappa shape index (κ1) is 17.2. The van der Waals surface area contributed by atoms with E-state index in [0.717, 1.165) is 32.5 Å². The summed E-state index contributed by atoms with van der Waals surface area (Å²) >= 11 is 1.82. The zero-order valence-corrected chi connectivity index (χ0v) is 12.6. The molecule has 0 aromatic rings. The van der Waals surface area contributed by atoms with Crippen LogP contribution in [0.1, 0.15) is 19.8 Å². The number of hydrogen-bond acceptors (Lipinski definition) is 5. The minimum absolute atomic E-state index is 0.226. The maximum absolute atomic E-state index is 8.80. The van der Waals surface area contributed by atoms with Gasteiger partial charge in [0.15, 0.2) is 0 Å². The van der Waals surface area contributed by atoms with Crippen LogP contribution in [0.25, 0.3) is 0 Å². The predicted molar refractivity (Wildman–Crippen MR) is 77.4 cm³/mol. The van der Waals surface area contributed by atoms with Crippen molar-refractivity contribution < 1.29 is 5.11 Å². The van der Waals surface area contributed by atoms with E-state index in [1.807, 2.05) is 11.9 Å². The molecule has 1 atom stereocenters. The Hall–Kier alpha value is 0.190. The highest BCUT2D eigenvalue weighted by molar-refractivity contribution is 7.96. The summed E-state index contributed by atoms with van der Waals surface area (Å²) in [6.45, 7) is 6.43. The molecule has 0 spiro atoms. The van der Waals surface area contributed by atoms with Crippen LogP contribution in [0, 0.1) is 0 Å². The topological polar surface area (TPSA) is 38.7 Å². The highest BCUT2D eigenvalue weighted by Crippen LogP contribution is 2.08. The van der Waals surface area contributed by atoms with Gasteiger partial charge in [-0.25, -0.2) is 4.31 Å². The SMILES string of the molecule is CCC(CCN(CCN(C)C)SC)NCCO. The molecule has 0 fully saturated rings. The van der Waals surface area contributed by atoms with Crippen LogP contribution in [0.5, 0.6) is 0 Å². The maximum Gasteiger partial charge on any atom is 0.0556 e. The molecule has 1 unspecified atom stereocenters. The molecule has 0 saturated heterocycles. The van der Waals surface area contributed by atoms with Crippen molar-refractivity contribution in [1.82, 2.24) is 14.5 Å². The van der Waals surface area contributed by atoms with E-state index in [-0.39, 0.29) is 6.61 Å². The monoisotopic (exact) mass is 263 g/mol. The molecule has 2 N–H and O–H groups in total. The molecule has 0 aliphatic heterocycles. The second kappa shape index (κ2) is 11.3. The highest BCUT2D eigenvalue weighted by Gasteiger charge is 2.09. The van der Waals surface area contributed by atoms with E-state index in [2.05, 4.69) is 41.8 Å². The molecule has 0 amide bonds. The second-order valence-corrected chi connectivity index (χ2v) is 5.37. The molecule has 0 radical (unpaired) electrons. The molecule has 0 aromatic heterocycles. The van der Waals surface area contributed by atoms with Gasteiger partial charge in [-0.3, -0.25) is 0 Å². The molecule has 5 heteroatoms. The second-order valence-electron chi connectivity index (χ2n) is 4.49. The standard InChI is InChI=1S/C12H29N3OS/c1-5-12(13-7-11-16)6-8-15(17-4)10-9-14(2)3/h12-13,16H,5-11H2,1-4H3. The molecule has 104 valence electrons. The number of nitrogens with zero attached hydrogens (tertiary/aromatic N) is 2. The van der Waals surface area contributed by atoms with Crippen LogP contribution in [-0.2, 0) is 0 Å². The summed E-state index contributed by atoms with van der Waals surface area (Å²) in [4.78, 5) is 2.21.